The number of hydrogen-bond donors (Lipinski definition) is 1. The quantitative estimate of drug-likeness (QED) is 0.172. The maximum Gasteiger partial charge on any atom is 0.330 e. The van der Waals surface area contributed by atoms with Gasteiger partial charge in [-0.05, 0) is 25.5 Å². The van der Waals surface area contributed by atoms with Gasteiger partial charge in [-0.15, -0.1) is 0 Å². The van der Waals surface area contributed by atoms with E-state index < -0.39 is 5.97 Å². The Morgan fingerprint density at radius 3 is 1.59 bits per heavy atom. The van der Waals surface area contributed by atoms with E-state index in [0.717, 1.165) is 18.8 Å². The van der Waals surface area contributed by atoms with Crippen molar-refractivity contribution in [3.05, 3.63) is 42.5 Å². The third-order valence-corrected chi connectivity index (χ3v) is 4.61. The zero-order valence-electron chi connectivity index (χ0n) is 21.3. The number of carboxylic acids is 1. The van der Waals surface area contributed by atoms with Crippen LogP contribution in [0.4, 0.5) is 0 Å². The third kappa shape index (κ3) is 24.7. The van der Waals surface area contributed by atoms with E-state index in [4.69, 9.17) is 28.8 Å². The second kappa shape index (κ2) is 25.7. The lowest BCUT2D eigenvalue weighted by atomic mass is 10.1. The van der Waals surface area contributed by atoms with Gasteiger partial charge in [0.05, 0.1) is 46.2 Å². The first-order valence-electron chi connectivity index (χ1n) is 12.5. The second-order valence-electron chi connectivity index (χ2n) is 7.82. The molecule has 196 valence electrons. The minimum Gasteiger partial charge on any atom is -0.491 e. The van der Waals surface area contributed by atoms with E-state index in [0.29, 0.717) is 52.9 Å². The number of para-hydroxylation sites is 1. The van der Waals surface area contributed by atoms with E-state index in [1.54, 1.807) is 0 Å². The fourth-order valence-electron chi connectivity index (χ4n) is 2.66. The Hall–Kier alpha value is -1.93. The molecule has 0 radical (unpaired) electrons. The highest BCUT2D eigenvalue weighted by Gasteiger charge is 1.95. The number of aliphatic carboxylic acids is 1. The van der Waals surface area contributed by atoms with Gasteiger partial charge in [0.25, 0.3) is 0 Å². The number of benzene rings is 1. The molecule has 0 saturated heterocycles. The van der Waals surface area contributed by atoms with Crippen molar-refractivity contribution < 1.29 is 33.6 Å². The highest BCUT2D eigenvalue weighted by Crippen LogP contribution is 2.08. The number of unbranched alkanes of at least 4 members (excludes halogenated alkanes) is 6. The van der Waals surface area contributed by atoms with Crippen molar-refractivity contribution in [2.75, 3.05) is 59.5 Å². The van der Waals surface area contributed by atoms with Crippen LogP contribution >= 0.6 is 0 Å². The maximum atomic E-state index is 9.60. The van der Waals surface area contributed by atoms with Crippen LogP contribution in [0.15, 0.2) is 42.5 Å². The molecule has 7 nitrogen and oxygen atoms in total. The van der Waals surface area contributed by atoms with Crippen LogP contribution in [0.3, 0.4) is 0 Å². The van der Waals surface area contributed by atoms with Crippen LogP contribution in [0.1, 0.15) is 58.8 Å². The molecule has 0 heterocycles. The molecule has 0 unspecified atom stereocenters. The van der Waals surface area contributed by atoms with E-state index in [1.165, 1.54) is 45.4 Å². The number of carboxylic acid groups (broad SMARTS) is 1. The molecule has 0 atom stereocenters. The molecule has 1 aromatic rings. The Morgan fingerprint density at radius 1 is 0.706 bits per heavy atom. The van der Waals surface area contributed by atoms with Crippen LogP contribution < -0.4 is 4.74 Å². The molecule has 0 amide bonds. The van der Waals surface area contributed by atoms with Gasteiger partial charge in [0, 0.05) is 12.2 Å². The topological polar surface area (TPSA) is 83.5 Å². The Labute approximate surface area is 206 Å². The average Bonchev–Trinajstić information content (AvgIpc) is 2.84. The van der Waals surface area contributed by atoms with Crippen molar-refractivity contribution in [3.8, 4) is 5.75 Å². The van der Waals surface area contributed by atoms with Crippen LogP contribution in [0, 0.1) is 0 Å². The van der Waals surface area contributed by atoms with Crippen LogP contribution in [-0.4, -0.2) is 70.5 Å². The van der Waals surface area contributed by atoms with Gasteiger partial charge in [-0.2, -0.15) is 0 Å². The van der Waals surface area contributed by atoms with Gasteiger partial charge in [0.2, 0.25) is 0 Å². The normalized spacial score (nSPS) is 10.4. The highest BCUT2D eigenvalue weighted by atomic mass is 16.6. The first-order valence-corrected chi connectivity index (χ1v) is 12.5. The minimum atomic E-state index is -0.935. The lowest BCUT2D eigenvalue weighted by Crippen LogP contribution is -2.13. The van der Waals surface area contributed by atoms with Crippen LogP contribution in [-0.2, 0) is 23.7 Å². The molecule has 0 spiro atoms. The van der Waals surface area contributed by atoms with Crippen molar-refractivity contribution in [2.45, 2.75) is 58.8 Å². The summed E-state index contributed by atoms with van der Waals surface area (Å²) in [6.45, 7) is 12.4. The lowest BCUT2D eigenvalue weighted by molar-refractivity contribution is -0.132. The molecule has 0 bridgehead atoms. The van der Waals surface area contributed by atoms with E-state index >= 15 is 0 Å². The molecule has 0 aliphatic rings. The molecule has 1 aromatic carbocycles. The predicted molar refractivity (Wildman–Crippen MR) is 136 cm³/mol. The molecule has 0 aliphatic carbocycles. The van der Waals surface area contributed by atoms with E-state index in [2.05, 4.69) is 13.5 Å². The number of rotatable bonds is 22. The summed E-state index contributed by atoms with van der Waals surface area (Å²) in [6, 6.07) is 9.74. The van der Waals surface area contributed by atoms with E-state index in [9.17, 15) is 4.79 Å². The van der Waals surface area contributed by atoms with Gasteiger partial charge in [-0.1, -0.05) is 70.2 Å². The summed E-state index contributed by atoms with van der Waals surface area (Å²) in [5.74, 6) is -0.0686. The van der Waals surface area contributed by atoms with Crippen molar-refractivity contribution in [1.29, 1.82) is 0 Å². The standard InChI is InChI=1S/C23H40O5.C4H6O2/c1-2-3-4-5-6-7-11-14-24-15-16-25-17-18-26-19-20-27-21-22-28-23-12-9-8-10-13-23;1-3(2)4(5)6/h8-10,12-13H,2-7,11,14-22H2,1H3;1H2,2H3,(H,5,6). The van der Waals surface area contributed by atoms with Crippen LogP contribution in [0.25, 0.3) is 0 Å². The zero-order valence-corrected chi connectivity index (χ0v) is 21.3. The van der Waals surface area contributed by atoms with E-state index in [1.807, 2.05) is 30.3 Å². The van der Waals surface area contributed by atoms with Crippen molar-refractivity contribution in [3.63, 3.8) is 0 Å². The molecule has 0 aromatic heterocycles. The highest BCUT2D eigenvalue weighted by molar-refractivity contribution is 5.84. The number of hydrogen-bond acceptors (Lipinski definition) is 6. The Kier molecular flexibility index (Phi) is 24.2. The van der Waals surface area contributed by atoms with Gasteiger partial charge < -0.3 is 28.8 Å². The van der Waals surface area contributed by atoms with Crippen LogP contribution in [0.2, 0.25) is 0 Å². The first-order chi connectivity index (χ1) is 16.6. The molecule has 1 rings (SSSR count). The van der Waals surface area contributed by atoms with Crippen LogP contribution in [0.5, 0.6) is 5.75 Å². The number of carbonyl (C=O) groups is 1. The first kappa shape index (κ1) is 32.1. The third-order valence-electron chi connectivity index (χ3n) is 4.61. The zero-order chi connectivity index (χ0) is 25.1. The largest absolute Gasteiger partial charge is 0.491 e. The molecule has 0 saturated carbocycles. The maximum absolute atomic E-state index is 9.60. The van der Waals surface area contributed by atoms with Gasteiger partial charge in [-0.3, -0.25) is 0 Å². The Balaban J connectivity index is 0.00000160. The molecule has 0 fully saturated rings. The molecule has 1 N–H and O–H groups in total. The van der Waals surface area contributed by atoms with Crippen molar-refractivity contribution in [2.24, 2.45) is 0 Å². The fraction of sp³-hybridized carbons (Fsp3) is 0.667. The smallest absolute Gasteiger partial charge is 0.330 e. The summed E-state index contributed by atoms with van der Waals surface area (Å²) in [4.78, 5) is 9.60. The van der Waals surface area contributed by atoms with Gasteiger partial charge >= 0.3 is 5.97 Å². The van der Waals surface area contributed by atoms with Gasteiger partial charge in [0.15, 0.2) is 0 Å². The minimum absolute atomic E-state index is 0.176. The monoisotopic (exact) mass is 482 g/mol. The summed E-state index contributed by atoms with van der Waals surface area (Å²) in [5.41, 5.74) is 0.176. The van der Waals surface area contributed by atoms with Gasteiger partial charge in [-0.25, -0.2) is 4.79 Å². The Morgan fingerprint density at radius 2 is 1.12 bits per heavy atom. The molecule has 7 heteroatoms. The van der Waals surface area contributed by atoms with Crippen molar-refractivity contribution in [1.82, 2.24) is 0 Å². The summed E-state index contributed by atoms with van der Waals surface area (Å²) in [7, 11) is 0. The molecule has 0 aliphatic heterocycles. The summed E-state index contributed by atoms with van der Waals surface area (Å²) in [6.07, 6.45) is 9.19. The SMILES string of the molecule is C=C(C)C(=O)O.CCCCCCCCCOCCOCCOCCOCCOc1ccccc1. The lowest BCUT2D eigenvalue weighted by Gasteiger charge is -2.08. The number of ether oxygens (including phenoxy) is 5. The van der Waals surface area contributed by atoms with Gasteiger partial charge in [0.1, 0.15) is 12.4 Å². The summed E-state index contributed by atoms with van der Waals surface area (Å²) in [5, 5.41) is 7.89. The Bertz CT molecular complexity index is 566. The summed E-state index contributed by atoms with van der Waals surface area (Å²) < 4.78 is 27.5. The second-order valence-corrected chi connectivity index (χ2v) is 7.82. The predicted octanol–water partition coefficient (Wildman–Crippen LogP) is 5.53. The fourth-order valence-corrected chi connectivity index (χ4v) is 2.66. The van der Waals surface area contributed by atoms with Crippen molar-refractivity contribution >= 4 is 5.97 Å². The molecule has 34 heavy (non-hydrogen) atoms. The summed E-state index contributed by atoms with van der Waals surface area (Å²) >= 11 is 0. The molecular formula is C27H46O7. The van der Waals surface area contributed by atoms with E-state index in [-0.39, 0.29) is 5.57 Å². The molecular weight excluding hydrogens is 436 g/mol. The average molecular weight is 483 g/mol.